The van der Waals surface area contributed by atoms with Gasteiger partial charge in [-0.1, -0.05) is 0 Å². The minimum absolute atomic E-state index is 0. The van der Waals surface area contributed by atoms with Crippen LogP contribution in [0.4, 0.5) is 0 Å². The summed E-state index contributed by atoms with van der Waals surface area (Å²) in [6.45, 7) is 4.15. The van der Waals surface area contributed by atoms with Gasteiger partial charge in [0.2, 0.25) is 5.91 Å². The highest BCUT2D eigenvalue weighted by Gasteiger charge is 2.41. The fraction of sp³-hybridized carbons (Fsp3) is 0.500. The molecule has 6 nitrogen and oxygen atoms in total. The molecule has 1 amide bonds. The lowest BCUT2D eigenvalue weighted by Crippen LogP contribution is -2.54. The largest absolute Gasteiger partial charge is 0.349 e. The van der Waals surface area contributed by atoms with E-state index >= 15 is 0 Å². The minimum Gasteiger partial charge on any atom is -0.349 e. The Balaban J connectivity index is 0.00000132. The van der Waals surface area contributed by atoms with Gasteiger partial charge in [-0.25, -0.2) is 4.98 Å². The molecule has 0 radical (unpaired) electrons. The fourth-order valence-electron chi connectivity index (χ4n) is 2.74. The molecular formula is C14H21Cl2N5OS. The predicted octanol–water partition coefficient (Wildman–Crippen LogP) is 1.89. The van der Waals surface area contributed by atoms with Crippen molar-refractivity contribution in [2.45, 2.75) is 31.8 Å². The Hall–Kier alpha value is -1.15. The first-order valence-corrected chi connectivity index (χ1v) is 7.93. The molecular weight excluding hydrogens is 357 g/mol. The van der Waals surface area contributed by atoms with Gasteiger partial charge in [-0.05, 0) is 38.9 Å². The van der Waals surface area contributed by atoms with E-state index in [4.69, 9.17) is 0 Å². The molecule has 1 fully saturated rings. The number of thiazole rings is 1. The number of aromatic nitrogens is 3. The fourth-order valence-corrected chi connectivity index (χ4v) is 3.48. The van der Waals surface area contributed by atoms with Crippen LogP contribution in [-0.4, -0.2) is 33.8 Å². The predicted molar refractivity (Wildman–Crippen MR) is 95.5 cm³/mol. The van der Waals surface area contributed by atoms with Crippen LogP contribution in [0.3, 0.4) is 0 Å². The molecule has 3 heterocycles. The minimum atomic E-state index is -0.575. The molecule has 0 bridgehead atoms. The van der Waals surface area contributed by atoms with E-state index in [1.54, 1.807) is 22.2 Å². The lowest BCUT2D eigenvalue weighted by Gasteiger charge is -2.36. The number of piperidine rings is 1. The summed E-state index contributed by atoms with van der Waals surface area (Å²) in [6, 6.07) is 1.86. The maximum atomic E-state index is 12.8. The van der Waals surface area contributed by atoms with E-state index in [0.717, 1.165) is 35.8 Å². The highest BCUT2D eigenvalue weighted by atomic mass is 35.5. The van der Waals surface area contributed by atoms with E-state index in [9.17, 15) is 4.79 Å². The molecule has 1 aliphatic rings. The summed E-state index contributed by atoms with van der Waals surface area (Å²) in [7, 11) is 0. The molecule has 0 unspecified atom stereocenters. The molecule has 9 heteroatoms. The zero-order chi connectivity index (χ0) is 14.7. The van der Waals surface area contributed by atoms with Crippen LogP contribution >= 0.6 is 36.2 Å². The normalized spacial score (nSPS) is 16.0. The molecule has 0 aliphatic carbocycles. The number of nitrogens with zero attached hydrogens (tertiary/aromatic N) is 3. The summed E-state index contributed by atoms with van der Waals surface area (Å²) in [5.41, 5.74) is -0.575. The molecule has 0 saturated carbocycles. The Morgan fingerprint density at radius 2 is 2.17 bits per heavy atom. The first-order valence-electron chi connectivity index (χ1n) is 7.11. The Kier molecular flexibility index (Phi) is 7.47. The zero-order valence-corrected chi connectivity index (χ0v) is 15.3. The summed E-state index contributed by atoms with van der Waals surface area (Å²) in [5, 5.41) is 11.7. The molecule has 128 valence electrons. The molecule has 0 spiro atoms. The van der Waals surface area contributed by atoms with Crippen LogP contribution < -0.4 is 10.6 Å². The van der Waals surface area contributed by atoms with Crippen LogP contribution in [0.15, 0.2) is 24.7 Å². The van der Waals surface area contributed by atoms with E-state index in [-0.39, 0.29) is 30.7 Å². The topological polar surface area (TPSA) is 71.8 Å². The Morgan fingerprint density at radius 1 is 1.43 bits per heavy atom. The van der Waals surface area contributed by atoms with Gasteiger partial charge in [0.25, 0.3) is 0 Å². The van der Waals surface area contributed by atoms with Crippen molar-refractivity contribution in [2.24, 2.45) is 0 Å². The van der Waals surface area contributed by atoms with Crippen LogP contribution in [0.2, 0.25) is 0 Å². The molecule has 1 saturated heterocycles. The Labute approximate surface area is 151 Å². The van der Waals surface area contributed by atoms with Crippen LogP contribution in [0, 0.1) is 6.92 Å². The van der Waals surface area contributed by atoms with E-state index in [2.05, 4.69) is 20.7 Å². The Bertz CT molecular complexity index is 610. The lowest BCUT2D eigenvalue weighted by atomic mass is 9.87. The molecule has 2 aromatic rings. The van der Waals surface area contributed by atoms with Crippen LogP contribution in [0.5, 0.6) is 0 Å². The smallest absolute Gasteiger partial charge is 0.248 e. The average Bonchev–Trinajstić information content (AvgIpc) is 3.17. The van der Waals surface area contributed by atoms with Gasteiger partial charge in [0.15, 0.2) is 0 Å². The van der Waals surface area contributed by atoms with E-state index < -0.39 is 5.54 Å². The van der Waals surface area contributed by atoms with Gasteiger partial charge in [0.05, 0.1) is 11.6 Å². The van der Waals surface area contributed by atoms with Crippen LogP contribution in [0.25, 0.3) is 0 Å². The SMILES string of the molecule is Cc1ncc(CNC(=O)C2(n3cccn3)CCNCC2)s1.Cl.Cl. The summed E-state index contributed by atoms with van der Waals surface area (Å²) >= 11 is 1.61. The monoisotopic (exact) mass is 377 g/mol. The average molecular weight is 378 g/mol. The summed E-state index contributed by atoms with van der Waals surface area (Å²) in [5.74, 6) is 0.0405. The van der Waals surface area contributed by atoms with Crippen molar-refractivity contribution in [3.05, 3.63) is 34.5 Å². The highest BCUT2D eigenvalue weighted by Crippen LogP contribution is 2.27. The number of hydrogen-bond acceptors (Lipinski definition) is 5. The number of rotatable bonds is 4. The number of carbonyl (C=O) groups is 1. The second-order valence-electron chi connectivity index (χ2n) is 5.26. The zero-order valence-electron chi connectivity index (χ0n) is 12.8. The van der Waals surface area contributed by atoms with Crippen molar-refractivity contribution >= 4 is 42.1 Å². The number of nitrogens with one attached hydrogen (secondary N) is 2. The summed E-state index contributed by atoms with van der Waals surface area (Å²) in [4.78, 5) is 18.1. The van der Waals surface area contributed by atoms with E-state index in [0.29, 0.717) is 6.54 Å². The molecule has 2 N–H and O–H groups in total. The molecule has 3 rings (SSSR count). The van der Waals surface area contributed by atoms with Crippen molar-refractivity contribution in [1.29, 1.82) is 0 Å². The molecule has 0 aromatic carbocycles. The van der Waals surface area contributed by atoms with Gasteiger partial charge in [0.1, 0.15) is 5.54 Å². The second kappa shape index (κ2) is 8.63. The molecule has 23 heavy (non-hydrogen) atoms. The van der Waals surface area contributed by atoms with Crippen LogP contribution in [0.1, 0.15) is 22.7 Å². The highest BCUT2D eigenvalue weighted by molar-refractivity contribution is 7.11. The van der Waals surface area contributed by atoms with Crippen molar-refractivity contribution in [3.8, 4) is 0 Å². The number of carbonyl (C=O) groups excluding carboxylic acids is 1. The third kappa shape index (κ3) is 4.23. The Morgan fingerprint density at radius 3 is 2.74 bits per heavy atom. The standard InChI is InChI=1S/C14H19N5OS.2ClH/c1-11-16-9-12(21-11)10-17-13(20)14(3-6-15-7-4-14)19-8-2-5-18-19;;/h2,5,8-9,15H,3-4,6-7,10H2,1H3,(H,17,20);2*1H. The molecule has 1 aliphatic heterocycles. The quantitative estimate of drug-likeness (QED) is 0.852. The maximum Gasteiger partial charge on any atom is 0.248 e. The third-order valence-electron chi connectivity index (χ3n) is 3.89. The maximum absolute atomic E-state index is 12.8. The molecule has 0 atom stereocenters. The van der Waals surface area contributed by atoms with Gasteiger partial charge in [-0.2, -0.15) is 5.10 Å². The van der Waals surface area contributed by atoms with Crippen molar-refractivity contribution in [1.82, 2.24) is 25.4 Å². The van der Waals surface area contributed by atoms with E-state index in [1.807, 2.05) is 25.4 Å². The number of amides is 1. The lowest BCUT2D eigenvalue weighted by molar-refractivity contribution is -0.132. The van der Waals surface area contributed by atoms with Gasteiger partial charge in [-0.15, -0.1) is 36.2 Å². The number of halogens is 2. The summed E-state index contributed by atoms with van der Waals surface area (Å²) < 4.78 is 1.81. The number of aryl methyl sites for hydroxylation is 1. The van der Waals surface area contributed by atoms with Crippen molar-refractivity contribution < 1.29 is 4.79 Å². The van der Waals surface area contributed by atoms with E-state index in [1.165, 1.54) is 0 Å². The second-order valence-corrected chi connectivity index (χ2v) is 6.58. The first-order chi connectivity index (χ1) is 10.2. The number of hydrogen-bond donors (Lipinski definition) is 2. The van der Waals surface area contributed by atoms with Gasteiger partial charge < -0.3 is 10.6 Å². The van der Waals surface area contributed by atoms with Crippen molar-refractivity contribution in [3.63, 3.8) is 0 Å². The summed E-state index contributed by atoms with van der Waals surface area (Å²) in [6.07, 6.45) is 6.93. The first kappa shape index (κ1) is 19.9. The van der Waals surface area contributed by atoms with Gasteiger partial charge in [-0.3, -0.25) is 9.48 Å². The molecule has 2 aromatic heterocycles. The van der Waals surface area contributed by atoms with Crippen molar-refractivity contribution in [2.75, 3.05) is 13.1 Å². The van der Waals surface area contributed by atoms with Gasteiger partial charge in [0, 0.05) is 23.5 Å². The van der Waals surface area contributed by atoms with Crippen LogP contribution in [-0.2, 0) is 16.9 Å². The van der Waals surface area contributed by atoms with Gasteiger partial charge >= 0.3 is 0 Å². The third-order valence-corrected chi connectivity index (χ3v) is 4.80.